The summed E-state index contributed by atoms with van der Waals surface area (Å²) >= 11 is 0. The Balaban J connectivity index is 2.32. The first-order valence-corrected chi connectivity index (χ1v) is 13.1. The van der Waals surface area contributed by atoms with Gasteiger partial charge in [-0.1, -0.05) is 60.7 Å². The molecule has 212 valence electrons. The van der Waals surface area contributed by atoms with Gasteiger partial charge in [0.15, 0.2) is 0 Å². The Hall–Kier alpha value is -3.72. The van der Waals surface area contributed by atoms with Gasteiger partial charge in [0, 0.05) is 27.6 Å². The molecule has 0 radical (unpaired) electrons. The van der Waals surface area contributed by atoms with Gasteiger partial charge < -0.3 is 25.2 Å². The van der Waals surface area contributed by atoms with Crippen molar-refractivity contribution < 1.29 is 23.9 Å². The molecular weight excluding hydrogens is 496 g/mol. The normalized spacial score (nSPS) is 13.5. The number of benzene rings is 2. The van der Waals surface area contributed by atoms with E-state index in [0.29, 0.717) is 6.42 Å². The molecular formula is C30H42N4O5. The summed E-state index contributed by atoms with van der Waals surface area (Å²) in [5, 5.41) is 5.93. The lowest BCUT2D eigenvalue weighted by atomic mass is 10.0. The standard InChI is InChI=1S/C30H42N4O5/c1-30(2,3)39-26(35)20-25(29(38)33(5)6)34(7)28(37)24(19-22-16-12-9-13-17-22)32-27(36)23(31-4)18-21-14-10-8-11-15-21/h8-17,23-25,31H,18-20H2,1-7H3,(H,32,36)/t23-,24-,25-/m0/s1. The summed E-state index contributed by atoms with van der Waals surface area (Å²) in [6.45, 7) is 5.21. The number of amides is 3. The molecule has 0 fully saturated rings. The first-order chi connectivity index (χ1) is 18.3. The monoisotopic (exact) mass is 538 g/mol. The fourth-order valence-corrected chi connectivity index (χ4v) is 4.13. The second-order valence-corrected chi connectivity index (χ2v) is 10.8. The third-order valence-corrected chi connectivity index (χ3v) is 6.17. The summed E-state index contributed by atoms with van der Waals surface area (Å²) in [6.07, 6.45) is 0.341. The molecule has 0 heterocycles. The lowest BCUT2D eigenvalue weighted by Gasteiger charge is -2.33. The van der Waals surface area contributed by atoms with Crippen molar-refractivity contribution in [2.45, 2.75) is 63.8 Å². The Labute approximate surface area is 231 Å². The molecule has 0 saturated heterocycles. The van der Waals surface area contributed by atoms with Gasteiger partial charge in [-0.15, -0.1) is 0 Å². The SMILES string of the molecule is CN[C@@H](Cc1ccccc1)C(=O)N[C@@H](Cc1ccccc1)C(=O)N(C)[C@@H](CC(=O)OC(C)(C)C)C(=O)N(C)C. The fraction of sp³-hybridized carbons (Fsp3) is 0.467. The van der Waals surface area contributed by atoms with Crippen LogP contribution in [0.5, 0.6) is 0 Å². The summed E-state index contributed by atoms with van der Waals surface area (Å²) in [5.41, 5.74) is 1.08. The maximum atomic E-state index is 13.9. The summed E-state index contributed by atoms with van der Waals surface area (Å²) in [7, 11) is 6.29. The zero-order valence-corrected chi connectivity index (χ0v) is 24.1. The summed E-state index contributed by atoms with van der Waals surface area (Å²) in [5.74, 6) is -1.83. The molecule has 2 rings (SSSR count). The van der Waals surface area contributed by atoms with Crippen molar-refractivity contribution in [3.63, 3.8) is 0 Å². The zero-order chi connectivity index (χ0) is 29.2. The molecule has 0 unspecified atom stereocenters. The van der Waals surface area contributed by atoms with E-state index in [0.717, 1.165) is 11.1 Å². The van der Waals surface area contributed by atoms with Crippen LogP contribution in [0.1, 0.15) is 38.3 Å². The second kappa shape index (κ2) is 14.4. The van der Waals surface area contributed by atoms with Crippen LogP contribution in [0.15, 0.2) is 60.7 Å². The smallest absolute Gasteiger partial charge is 0.308 e. The zero-order valence-electron chi connectivity index (χ0n) is 24.1. The average molecular weight is 539 g/mol. The lowest BCUT2D eigenvalue weighted by Crippen LogP contribution is -2.57. The highest BCUT2D eigenvalue weighted by Gasteiger charge is 2.36. The number of carbonyl (C=O) groups excluding carboxylic acids is 4. The van der Waals surface area contributed by atoms with Crippen LogP contribution in [0.25, 0.3) is 0 Å². The molecule has 0 saturated carbocycles. The Kier molecular flexibility index (Phi) is 11.7. The number of likely N-dealkylation sites (N-methyl/N-ethyl adjacent to an activating group) is 3. The van der Waals surface area contributed by atoms with E-state index in [2.05, 4.69) is 10.6 Å². The number of ether oxygens (including phenoxy) is 1. The number of hydrogen-bond acceptors (Lipinski definition) is 6. The number of carbonyl (C=O) groups is 4. The molecule has 9 nitrogen and oxygen atoms in total. The van der Waals surface area contributed by atoms with Crippen molar-refractivity contribution in [2.24, 2.45) is 0 Å². The minimum absolute atomic E-state index is 0.215. The van der Waals surface area contributed by atoms with Gasteiger partial charge in [-0.2, -0.15) is 0 Å². The molecule has 0 spiro atoms. The highest BCUT2D eigenvalue weighted by Crippen LogP contribution is 2.15. The van der Waals surface area contributed by atoms with Gasteiger partial charge in [0.25, 0.3) is 0 Å². The van der Waals surface area contributed by atoms with Gasteiger partial charge in [-0.3, -0.25) is 19.2 Å². The van der Waals surface area contributed by atoms with Gasteiger partial charge >= 0.3 is 5.97 Å². The van der Waals surface area contributed by atoms with Crippen LogP contribution >= 0.6 is 0 Å². The topological polar surface area (TPSA) is 108 Å². The lowest BCUT2D eigenvalue weighted by molar-refractivity contribution is -0.160. The van der Waals surface area contributed by atoms with E-state index < -0.39 is 41.5 Å². The number of nitrogens with one attached hydrogen (secondary N) is 2. The molecule has 9 heteroatoms. The Bertz CT molecular complexity index is 1100. The van der Waals surface area contributed by atoms with Crippen molar-refractivity contribution in [1.82, 2.24) is 20.4 Å². The quantitative estimate of drug-likeness (QED) is 0.401. The van der Waals surface area contributed by atoms with E-state index in [9.17, 15) is 19.2 Å². The summed E-state index contributed by atoms with van der Waals surface area (Å²) < 4.78 is 5.43. The molecule has 39 heavy (non-hydrogen) atoms. The second-order valence-electron chi connectivity index (χ2n) is 10.8. The van der Waals surface area contributed by atoms with Crippen LogP contribution in [0.3, 0.4) is 0 Å². The van der Waals surface area contributed by atoms with Crippen LogP contribution < -0.4 is 10.6 Å². The van der Waals surface area contributed by atoms with E-state index in [1.807, 2.05) is 60.7 Å². The Morgan fingerprint density at radius 3 is 1.72 bits per heavy atom. The molecule has 3 atom stereocenters. The predicted octanol–water partition coefficient (Wildman–Crippen LogP) is 2.19. The van der Waals surface area contributed by atoms with Crippen LogP contribution in [0.2, 0.25) is 0 Å². The van der Waals surface area contributed by atoms with E-state index in [-0.39, 0.29) is 18.7 Å². The van der Waals surface area contributed by atoms with Crippen LogP contribution in [-0.2, 0) is 36.8 Å². The molecule has 0 aliphatic heterocycles. The predicted molar refractivity (Wildman–Crippen MR) is 151 cm³/mol. The van der Waals surface area contributed by atoms with Gasteiger partial charge in [-0.25, -0.2) is 0 Å². The molecule has 0 aliphatic rings. The summed E-state index contributed by atoms with van der Waals surface area (Å²) in [4.78, 5) is 55.5. The third-order valence-electron chi connectivity index (χ3n) is 6.17. The molecule has 3 amide bonds. The van der Waals surface area contributed by atoms with Crippen molar-refractivity contribution >= 4 is 23.7 Å². The van der Waals surface area contributed by atoms with Crippen LogP contribution in [0.4, 0.5) is 0 Å². The molecule has 2 aromatic carbocycles. The number of nitrogens with zero attached hydrogens (tertiary/aromatic N) is 2. The Morgan fingerprint density at radius 1 is 0.795 bits per heavy atom. The highest BCUT2D eigenvalue weighted by molar-refractivity contribution is 5.94. The maximum Gasteiger partial charge on any atom is 0.308 e. The molecule has 0 aromatic heterocycles. The number of hydrogen-bond donors (Lipinski definition) is 2. The van der Waals surface area contributed by atoms with Gasteiger partial charge in [0.05, 0.1) is 12.5 Å². The minimum Gasteiger partial charge on any atom is -0.460 e. The van der Waals surface area contributed by atoms with Gasteiger partial charge in [-0.05, 0) is 45.4 Å². The van der Waals surface area contributed by atoms with Crippen molar-refractivity contribution in [3.05, 3.63) is 71.8 Å². The van der Waals surface area contributed by atoms with Gasteiger partial charge in [0.2, 0.25) is 17.7 Å². The van der Waals surface area contributed by atoms with Crippen molar-refractivity contribution in [1.29, 1.82) is 0 Å². The average Bonchev–Trinajstić information content (AvgIpc) is 2.88. The number of esters is 1. The largest absolute Gasteiger partial charge is 0.460 e. The van der Waals surface area contributed by atoms with Crippen molar-refractivity contribution in [2.75, 3.05) is 28.2 Å². The van der Waals surface area contributed by atoms with E-state index >= 15 is 0 Å². The van der Waals surface area contributed by atoms with E-state index in [1.165, 1.54) is 16.8 Å². The highest BCUT2D eigenvalue weighted by atomic mass is 16.6. The number of rotatable bonds is 12. The Morgan fingerprint density at radius 2 is 1.28 bits per heavy atom. The molecule has 2 N–H and O–H groups in total. The minimum atomic E-state index is -1.10. The maximum absolute atomic E-state index is 13.9. The molecule has 0 aliphatic carbocycles. The molecule has 2 aromatic rings. The third kappa shape index (κ3) is 10.2. The van der Waals surface area contributed by atoms with E-state index in [1.54, 1.807) is 41.9 Å². The molecule has 0 bridgehead atoms. The van der Waals surface area contributed by atoms with Gasteiger partial charge in [0.1, 0.15) is 17.7 Å². The first-order valence-electron chi connectivity index (χ1n) is 13.1. The van der Waals surface area contributed by atoms with Crippen LogP contribution in [0, 0.1) is 0 Å². The fourth-order valence-electron chi connectivity index (χ4n) is 4.13. The van der Waals surface area contributed by atoms with Crippen LogP contribution in [-0.4, -0.2) is 85.4 Å². The summed E-state index contributed by atoms with van der Waals surface area (Å²) in [6, 6.07) is 16.3. The van der Waals surface area contributed by atoms with E-state index in [4.69, 9.17) is 4.74 Å². The first kappa shape index (κ1) is 31.5. The van der Waals surface area contributed by atoms with Crippen molar-refractivity contribution in [3.8, 4) is 0 Å².